The molecule has 0 bridgehead atoms. The molecular weight excluding hydrogens is 820 g/mol. The zero-order chi connectivity index (χ0) is 35.3. The summed E-state index contributed by atoms with van der Waals surface area (Å²) >= 11 is 0. The van der Waals surface area contributed by atoms with Gasteiger partial charge in [0.15, 0.2) is 0 Å². The van der Waals surface area contributed by atoms with Crippen LogP contribution in [0.5, 0.6) is 11.5 Å². The summed E-state index contributed by atoms with van der Waals surface area (Å²) in [5.41, 5.74) is 8.33. The van der Waals surface area contributed by atoms with Gasteiger partial charge in [-0.2, -0.15) is 18.2 Å². The summed E-state index contributed by atoms with van der Waals surface area (Å²) in [6.07, 6.45) is 7.70. The molecule has 3 aromatic heterocycles. The minimum absolute atomic E-state index is 0. The first-order valence-corrected chi connectivity index (χ1v) is 17.4. The molecule has 0 aliphatic carbocycles. The van der Waals surface area contributed by atoms with Crippen LogP contribution in [0.15, 0.2) is 134 Å². The summed E-state index contributed by atoms with van der Waals surface area (Å²) < 4.78 is 12.9. The number of nitrogens with zero attached hydrogens (tertiary/aromatic N) is 4. The Balaban J connectivity index is 0.00000420. The summed E-state index contributed by atoms with van der Waals surface area (Å²) in [5, 5.41) is 2.24. The minimum Gasteiger partial charge on any atom is -0.510 e. The van der Waals surface area contributed by atoms with E-state index < -0.39 is 0 Å². The van der Waals surface area contributed by atoms with Gasteiger partial charge in [-0.05, 0) is 62.9 Å². The van der Waals surface area contributed by atoms with Gasteiger partial charge in [-0.1, -0.05) is 114 Å². The van der Waals surface area contributed by atoms with Crippen molar-refractivity contribution in [3.63, 3.8) is 0 Å². The molecule has 0 unspecified atom stereocenters. The molecule has 0 N–H and O–H groups in total. The molecule has 0 saturated carbocycles. The van der Waals surface area contributed by atoms with Gasteiger partial charge < -0.3 is 13.9 Å². The van der Waals surface area contributed by atoms with Crippen molar-refractivity contribution in [1.82, 2.24) is 14.1 Å². The number of hydrogen-bond donors (Lipinski definition) is 0. The second-order valence-electron chi connectivity index (χ2n) is 15.0. The average Bonchev–Trinajstić information content (AvgIpc) is 3.73. The predicted molar refractivity (Wildman–Crippen MR) is 205 cm³/mol. The average molecular weight is 860 g/mol. The number of benzene rings is 5. The van der Waals surface area contributed by atoms with Gasteiger partial charge in [-0.15, -0.1) is 29.7 Å². The van der Waals surface area contributed by atoms with Gasteiger partial charge in [0.25, 0.3) is 6.33 Å². The van der Waals surface area contributed by atoms with Crippen molar-refractivity contribution in [3.8, 4) is 39.8 Å². The zero-order valence-electron chi connectivity index (χ0n) is 30.2. The number of pyridine rings is 1. The van der Waals surface area contributed by atoms with Gasteiger partial charge in [0.1, 0.15) is 5.82 Å². The molecule has 3 heterocycles. The third-order valence-corrected chi connectivity index (χ3v) is 9.33. The Labute approximate surface area is 320 Å². The fraction of sp³-hybridized carbons (Fsp3) is 0.174. The molecule has 52 heavy (non-hydrogen) atoms. The Hall–Kier alpha value is -5.25. The van der Waals surface area contributed by atoms with Crippen molar-refractivity contribution in [2.75, 3.05) is 0 Å². The first-order chi connectivity index (χ1) is 24.5. The van der Waals surface area contributed by atoms with Crippen molar-refractivity contribution in [2.24, 2.45) is 0 Å². The Bertz CT molecular complexity index is 2530. The van der Waals surface area contributed by atoms with Crippen molar-refractivity contribution < 1.29 is 30.4 Å². The van der Waals surface area contributed by atoms with Gasteiger partial charge in [-0.25, -0.2) is 4.98 Å². The molecule has 8 rings (SSSR count). The molecule has 5 aromatic carbocycles. The van der Waals surface area contributed by atoms with E-state index in [-0.39, 0.29) is 31.9 Å². The molecule has 0 saturated heterocycles. The number of hydrogen-bond acceptors (Lipinski definition) is 2. The first-order valence-electron chi connectivity index (χ1n) is 17.4. The number of para-hydroxylation sites is 2. The van der Waals surface area contributed by atoms with Crippen LogP contribution in [0.1, 0.15) is 52.8 Å². The molecule has 0 atom stereocenters. The SMILES string of the molecule is CC(C)(C)c1ccnc(-n2c3[c-]c(Oc4[c-]c(-n5[c-][n+](-c6ccccc6-c6ccccc6)cc5C(C)(C)C)ccc4)ccc3c3ccccc32)c1.[Pt]. The van der Waals surface area contributed by atoms with Crippen LogP contribution in [0, 0.1) is 18.5 Å². The van der Waals surface area contributed by atoms with E-state index >= 15 is 0 Å². The fourth-order valence-electron chi connectivity index (χ4n) is 6.68. The fourth-order valence-corrected chi connectivity index (χ4v) is 6.68. The topological polar surface area (TPSA) is 35.9 Å². The summed E-state index contributed by atoms with van der Waals surface area (Å²) in [5.74, 6) is 2.05. The van der Waals surface area contributed by atoms with Gasteiger partial charge in [0.05, 0.1) is 11.4 Å². The summed E-state index contributed by atoms with van der Waals surface area (Å²) in [6.45, 7) is 13.3. The number of ether oxygens (including phenoxy) is 1. The number of fused-ring (bicyclic) bond motifs is 3. The molecule has 0 radical (unpaired) electrons. The maximum Gasteiger partial charge on any atom is 0.267 e. The van der Waals surface area contributed by atoms with E-state index in [0.717, 1.165) is 55.8 Å². The van der Waals surface area contributed by atoms with Crippen molar-refractivity contribution in [2.45, 2.75) is 52.4 Å². The van der Waals surface area contributed by atoms with Crippen LogP contribution in [0.4, 0.5) is 0 Å². The Morgan fingerprint density at radius 2 is 1.40 bits per heavy atom. The van der Waals surface area contributed by atoms with E-state index in [2.05, 4.69) is 171 Å². The minimum atomic E-state index is -0.168. The van der Waals surface area contributed by atoms with Crippen LogP contribution in [0.25, 0.3) is 50.1 Å². The van der Waals surface area contributed by atoms with Gasteiger partial charge in [0, 0.05) is 50.5 Å². The van der Waals surface area contributed by atoms with E-state index in [1.54, 1.807) is 0 Å². The quantitative estimate of drug-likeness (QED) is 0.123. The smallest absolute Gasteiger partial charge is 0.267 e. The zero-order valence-corrected chi connectivity index (χ0v) is 32.5. The maximum atomic E-state index is 6.53. The molecule has 262 valence electrons. The van der Waals surface area contributed by atoms with Gasteiger partial charge in [0.2, 0.25) is 0 Å². The second-order valence-corrected chi connectivity index (χ2v) is 15.0. The first kappa shape index (κ1) is 35.2. The largest absolute Gasteiger partial charge is 0.510 e. The Morgan fingerprint density at radius 1 is 0.673 bits per heavy atom. The summed E-state index contributed by atoms with van der Waals surface area (Å²) in [7, 11) is 0. The molecule has 8 aromatic rings. The monoisotopic (exact) mass is 859 g/mol. The van der Waals surface area contributed by atoms with E-state index in [1.807, 2.05) is 36.5 Å². The molecular formula is C46H40N4OPt-2. The molecule has 0 aliphatic rings. The van der Waals surface area contributed by atoms with Crippen molar-refractivity contribution in [1.29, 1.82) is 0 Å². The second kappa shape index (κ2) is 13.7. The molecule has 0 aliphatic heterocycles. The van der Waals surface area contributed by atoms with Crippen LogP contribution >= 0.6 is 0 Å². The number of imidazole rings is 1. The molecule has 0 fully saturated rings. The standard InChI is InChI=1S/C46H40N4O.Pt/c1-45(2,3)33-25-26-47-44(27-33)50-41-22-13-11-20-38(41)39-24-23-36(29-42(39)50)51-35-18-14-17-34(28-35)49-31-48(30-43(49)46(4,5)6)40-21-12-10-19-37(40)32-15-8-7-9-16-32;/h7-27,30H,1-6H3;/q-2;. The predicted octanol–water partition coefficient (Wildman–Crippen LogP) is 10.7. The molecule has 0 spiro atoms. The third-order valence-electron chi connectivity index (χ3n) is 9.33. The van der Waals surface area contributed by atoms with Gasteiger partial charge >= 0.3 is 0 Å². The normalized spacial score (nSPS) is 11.9. The summed E-state index contributed by atoms with van der Waals surface area (Å²) in [6, 6.07) is 48.8. The third kappa shape index (κ3) is 6.62. The molecule has 5 nitrogen and oxygen atoms in total. The van der Waals surface area contributed by atoms with E-state index in [0.29, 0.717) is 11.5 Å². The number of aromatic nitrogens is 4. The van der Waals surface area contributed by atoms with Gasteiger partial charge in [-0.3, -0.25) is 4.57 Å². The van der Waals surface area contributed by atoms with E-state index in [1.165, 1.54) is 5.56 Å². The number of rotatable bonds is 6. The van der Waals surface area contributed by atoms with Crippen LogP contribution in [-0.2, 0) is 31.9 Å². The molecule has 0 amide bonds. The Morgan fingerprint density at radius 3 is 2.19 bits per heavy atom. The van der Waals surface area contributed by atoms with Crippen molar-refractivity contribution in [3.05, 3.63) is 163 Å². The molecule has 6 heteroatoms. The van der Waals surface area contributed by atoms with Crippen LogP contribution in [0.2, 0.25) is 0 Å². The van der Waals surface area contributed by atoms with Crippen LogP contribution < -0.4 is 9.30 Å². The van der Waals surface area contributed by atoms with E-state index in [4.69, 9.17) is 9.72 Å². The van der Waals surface area contributed by atoms with E-state index in [9.17, 15) is 0 Å². The van der Waals surface area contributed by atoms with Crippen LogP contribution in [0.3, 0.4) is 0 Å². The van der Waals surface area contributed by atoms with Crippen LogP contribution in [-0.4, -0.2) is 14.1 Å². The Kier molecular flexibility index (Phi) is 9.27. The maximum absolute atomic E-state index is 6.53. The summed E-state index contributed by atoms with van der Waals surface area (Å²) in [4.78, 5) is 4.82. The van der Waals surface area contributed by atoms with Crippen molar-refractivity contribution >= 4 is 21.8 Å².